The van der Waals surface area contributed by atoms with Crippen LogP contribution in [0, 0.1) is 0 Å². The Morgan fingerprint density at radius 1 is 0.615 bits per heavy atom. The topological polar surface area (TPSA) is 105 Å². The Morgan fingerprint density at radius 2 is 0.923 bits per heavy atom. The van der Waals surface area contributed by atoms with E-state index in [1.807, 2.05) is 0 Å². The summed E-state index contributed by atoms with van der Waals surface area (Å²) in [7, 11) is 2.57. The summed E-state index contributed by atoms with van der Waals surface area (Å²) in [6.45, 7) is 0. The fraction of sp³-hybridized carbons (Fsp3) is 0.444. The monoisotopic (exact) mass is 366 g/mol. The summed E-state index contributed by atoms with van der Waals surface area (Å²) in [5.74, 6) is -1.09. The maximum Gasteiger partial charge on any atom is 0.311 e. The average Bonchev–Trinajstić information content (AvgIpc) is 2.62. The van der Waals surface area contributed by atoms with E-state index in [4.69, 9.17) is 9.47 Å². The lowest BCUT2D eigenvalue weighted by molar-refractivity contribution is -0.142. The van der Waals surface area contributed by atoms with Crippen molar-refractivity contribution >= 4 is 23.9 Å². The van der Waals surface area contributed by atoms with Crippen molar-refractivity contribution in [2.75, 3.05) is 14.2 Å². The Labute approximate surface area is 151 Å². The van der Waals surface area contributed by atoms with Crippen LogP contribution in [-0.2, 0) is 28.7 Å². The van der Waals surface area contributed by atoms with Crippen LogP contribution in [0.1, 0.15) is 38.5 Å². The summed E-state index contributed by atoms with van der Waals surface area (Å²) < 4.78 is 19.2. The summed E-state index contributed by atoms with van der Waals surface area (Å²) in [5.41, 5.74) is 0. The van der Waals surface area contributed by atoms with Crippen LogP contribution in [0.15, 0.2) is 24.3 Å². The highest BCUT2D eigenvalue weighted by atomic mass is 16.5. The zero-order valence-corrected chi connectivity index (χ0v) is 14.8. The van der Waals surface area contributed by atoms with Gasteiger partial charge in [-0.25, -0.2) is 0 Å². The molecule has 0 aliphatic carbocycles. The maximum absolute atomic E-state index is 11.6. The van der Waals surface area contributed by atoms with E-state index in [9.17, 15) is 19.2 Å². The minimum atomic E-state index is -0.471. The highest BCUT2D eigenvalue weighted by molar-refractivity contribution is 5.75. The molecule has 0 spiro atoms. The molecule has 0 bridgehead atoms. The van der Waals surface area contributed by atoms with Crippen molar-refractivity contribution in [3.63, 3.8) is 0 Å². The van der Waals surface area contributed by atoms with Crippen molar-refractivity contribution in [3.8, 4) is 11.5 Å². The van der Waals surface area contributed by atoms with Crippen LogP contribution in [0.4, 0.5) is 0 Å². The van der Waals surface area contributed by atoms with E-state index in [-0.39, 0.29) is 37.6 Å². The molecule has 0 atom stereocenters. The molecule has 26 heavy (non-hydrogen) atoms. The molecule has 1 aromatic rings. The zero-order chi connectivity index (χ0) is 19.4. The van der Waals surface area contributed by atoms with Gasteiger partial charge in [0.25, 0.3) is 0 Å². The molecule has 8 nitrogen and oxygen atoms in total. The third-order valence-electron chi connectivity index (χ3n) is 3.27. The molecule has 0 radical (unpaired) electrons. The van der Waals surface area contributed by atoms with Gasteiger partial charge in [-0.2, -0.15) is 0 Å². The summed E-state index contributed by atoms with van der Waals surface area (Å²) in [4.78, 5) is 45.2. The Hall–Kier alpha value is -2.90. The van der Waals surface area contributed by atoms with Crippen molar-refractivity contribution in [1.29, 1.82) is 0 Å². The average molecular weight is 366 g/mol. The standard InChI is InChI=1S/C18H22O8/c1-23-15(19)5-3-7-17(21)25-13-9-11-14(12-10-13)26-18(22)8-4-6-16(20)24-2/h9-12H,3-8H2,1-2H3. The van der Waals surface area contributed by atoms with E-state index in [1.54, 1.807) is 0 Å². The zero-order valence-electron chi connectivity index (χ0n) is 14.8. The summed E-state index contributed by atoms with van der Waals surface area (Å²) >= 11 is 0. The fourth-order valence-electron chi connectivity index (χ4n) is 1.90. The number of methoxy groups -OCH3 is 2. The first kappa shape index (κ1) is 21.1. The number of carbonyl (C=O) groups excluding carboxylic acids is 4. The minimum absolute atomic E-state index is 0.0893. The van der Waals surface area contributed by atoms with E-state index in [0.717, 1.165) is 0 Å². The van der Waals surface area contributed by atoms with Gasteiger partial charge in [-0.3, -0.25) is 19.2 Å². The van der Waals surface area contributed by atoms with Crippen LogP contribution in [0.3, 0.4) is 0 Å². The molecule has 142 valence electrons. The molecule has 1 aromatic carbocycles. The minimum Gasteiger partial charge on any atom is -0.469 e. The van der Waals surface area contributed by atoms with Gasteiger partial charge in [0.05, 0.1) is 14.2 Å². The lowest BCUT2D eigenvalue weighted by atomic mass is 10.2. The molecule has 0 aliphatic heterocycles. The van der Waals surface area contributed by atoms with Crippen LogP contribution in [0.2, 0.25) is 0 Å². The predicted octanol–water partition coefficient (Wildman–Crippen LogP) is 2.18. The number of esters is 4. The predicted molar refractivity (Wildman–Crippen MR) is 89.4 cm³/mol. The largest absolute Gasteiger partial charge is 0.469 e. The van der Waals surface area contributed by atoms with Crippen molar-refractivity contribution in [2.24, 2.45) is 0 Å². The molecule has 0 unspecified atom stereocenters. The van der Waals surface area contributed by atoms with E-state index in [2.05, 4.69) is 9.47 Å². The second kappa shape index (κ2) is 11.6. The molecular weight excluding hydrogens is 344 g/mol. The van der Waals surface area contributed by atoms with Gasteiger partial charge in [0.2, 0.25) is 0 Å². The van der Waals surface area contributed by atoms with Gasteiger partial charge in [0, 0.05) is 25.7 Å². The van der Waals surface area contributed by atoms with Gasteiger partial charge in [0.15, 0.2) is 0 Å². The molecule has 0 aliphatic rings. The quantitative estimate of drug-likeness (QED) is 0.458. The Balaban J connectivity index is 2.34. The second-order valence-corrected chi connectivity index (χ2v) is 5.28. The normalized spacial score (nSPS) is 9.92. The van der Waals surface area contributed by atoms with Crippen LogP contribution in [0.5, 0.6) is 11.5 Å². The van der Waals surface area contributed by atoms with Gasteiger partial charge in [-0.15, -0.1) is 0 Å². The van der Waals surface area contributed by atoms with Crippen molar-refractivity contribution in [3.05, 3.63) is 24.3 Å². The molecule has 8 heteroatoms. The van der Waals surface area contributed by atoms with Crippen LogP contribution < -0.4 is 9.47 Å². The van der Waals surface area contributed by atoms with Crippen LogP contribution in [-0.4, -0.2) is 38.1 Å². The Morgan fingerprint density at radius 3 is 1.23 bits per heavy atom. The third-order valence-corrected chi connectivity index (χ3v) is 3.27. The molecule has 0 amide bonds. The number of ether oxygens (including phenoxy) is 4. The first-order valence-electron chi connectivity index (χ1n) is 8.09. The van der Waals surface area contributed by atoms with Crippen molar-refractivity contribution in [2.45, 2.75) is 38.5 Å². The van der Waals surface area contributed by atoms with Crippen molar-refractivity contribution < 1.29 is 38.1 Å². The fourth-order valence-corrected chi connectivity index (χ4v) is 1.90. The van der Waals surface area contributed by atoms with E-state index in [0.29, 0.717) is 24.3 Å². The molecular formula is C18H22O8. The highest BCUT2D eigenvalue weighted by Crippen LogP contribution is 2.19. The van der Waals surface area contributed by atoms with Gasteiger partial charge < -0.3 is 18.9 Å². The lowest BCUT2D eigenvalue weighted by Crippen LogP contribution is -2.10. The van der Waals surface area contributed by atoms with Gasteiger partial charge in [-0.1, -0.05) is 0 Å². The molecule has 0 aromatic heterocycles. The van der Waals surface area contributed by atoms with E-state index >= 15 is 0 Å². The van der Waals surface area contributed by atoms with Gasteiger partial charge in [0.1, 0.15) is 11.5 Å². The molecule has 0 fully saturated rings. The number of carbonyl (C=O) groups is 4. The van der Waals surface area contributed by atoms with Crippen LogP contribution >= 0.6 is 0 Å². The Kier molecular flexibility index (Phi) is 9.45. The summed E-state index contributed by atoms with van der Waals surface area (Å²) in [6, 6.07) is 5.98. The molecule has 0 saturated heterocycles. The molecule has 0 heterocycles. The first-order chi connectivity index (χ1) is 12.4. The number of hydrogen-bond acceptors (Lipinski definition) is 8. The highest BCUT2D eigenvalue weighted by Gasteiger charge is 2.10. The summed E-state index contributed by atoms with van der Waals surface area (Å²) in [6.07, 6.45) is 1.16. The van der Waals surface area contributed by atoms with Crippen molar-refractivity contribution in [1.82, 2.24) is 0 Å². The third kappa shape index (κ3) is 8.81. The summed E-state index contributed by atoms with van der Waals surface area (Å²) in [5, 5.41) is 0. The number of rotatable bonds is 10. The molecule has 1 rings (SSSR count). The number of benzene rings is 1. The smallest absolute Gasteiger partial charge is 0.311 e. The van der Waals surface area contributed by atoms with E-state index in [1.165, 1.54) is 38.5 Å². The second-order valence-electron chi connectivity index (χ2n) is 5.28. The van der Waals surface area contributed by atoms with E-state index < -0.39 is 11.9 Å². The SMILES string of the molecule is COC(=O)CCCC(=O)Oc1ccc(OC(=O)CCCC(=O)OC)cc1. The lowest BCUT2D eigenvalue weighted by Gasteiger charge is -2.07. The van der Waals surface area contributed by atoms with Gasteiger partial charge >= 0.3 is 23.9 Å². The number of hydrogen-bond donors (Lipinski definition) is 0. The molecule has 0 N–H and O–H groups in total. The molecule has 0 saturated carbocycles. The Bertz CT molecular complexity index is 566. The first-order valence-corrected chi connectivity index (χ1v) is 8.09. The van der Waals surface area contributed by atoms with Gasteiger partial charge in [-0.05, 0) is 37.1 Å². The van der Waals surface area contributed by atoms with Crippen LogP contribution in [0.25, 0.3) is 0 Å². The maximum atomic E-state index is 11.6.